The van der Waals surface area contributed by atoms with E-state index in [-0.39, 0.29) is 0 Å². The summed E-state index contributed by atoms with van der Waals surface area (Å²) in [5.41, 5.74) is 1.68. The lowest BCUT2D eigenvalue weighted by molar-refractivity contribution is 0.566. The number of aryl methyl sites for hydroxylation is 1. The van der Waals surface area contributed by atoms with Crippen LogP contribution < -0.4 is 4.72 Å². The number of sulfonamides is 1. The molecule has 1 aromatic rings. The smallest absolute Gasteiger partial charge is 0.237 e. The zero-order chi connectivity index (χ0) is 13.3. The van der Waals surface area contributed by atoms with E-state index in [0.717, 1.165) is 5.56 Å². The van der Waals surface area contributed by atoms with E-state index in [1.54, 1.807) is 45.9 Å². The fourth-order valence-electron chi connectivity index (χ4n) is 1.10. The van der Waals surface area contributed by atoms with Crippen LogP contribution in [0.5, 0.6) is 0 Å². The summed E-state index contributed by atoms with van der Waals surface area (Å²) in [6.07, 6.45) is 0. The molecule has 0 atom stereocenters. The molecule has 1 rings (SSSR count). The summed E-state index contributed by atoms with van der Waals surface area (Å²) in [6, 6.07) is 6.90. The largest absolute Gasteiger partial charge is 0.283 e. The van der Waals surface area contributed by atoms with Crippen molar-refractivity contribution in [1.29, 1.82) is 5.26 Å². The molecule has 0 aliphatic carbocycles. The van der Waals surface area contributed by atoms with E-state index in [0.29, 0.717) is 11.3 Å². The minimum Gasteiger partial charge on any atom is -0.283 e. The Balaban J connectivity index is 3.17. The minimum atomic E-state index is -3.46. The molecule has 0 spiro atoms. The van der Waals surface area contributed by atoms with Gasteiger partial charge in [0, 0.05) is 0 Å². The molecule has 0 amide bonds. The Morgan fingerprint density at radius 1 is 1.29 bits per heavy atom. The Labute approximate surface area is 102 Å². The Kier molecular flexibility index (Phi) is 3.48. The van der Waals surface area contributed by atoms with Crippen LogP contribution in [0, 0.1) is 18.3 Å². The van der Waals surface area contributed by atoms with E-state index >= 15 is 0 Å². The van der Waals surface area contributed by atoms with Gasteiger partial charge >= 0.3 is 0 Å². The summed E-state index contributed by atoms with van der Waals surface area (Å²) in [7, 11) is -3.46. The third kappa shape index (κ3) is 2.98. The number of hydrogen-bond acceptors (Lipinski definition) is 3. The van der Waals surface area contributed by atoms with Crippen molar-refractivity contribution in [3.05, 3.63) is 29.3 Å². The van der Waals surface area contributed by atoms with Gasteiger partial charge in [0.15, 0.2) is 0 Å². The molecule has 17 heavy (non-hydrogen) atoms. The van der Waals surface area contributed by atoms with Crippen molar-refractivity contribution in [3.63, 3.8) is 0 Å². The molecule has 0 aliphatic heterocycles. The monoisotopic (exact) mass is 252 g/mol. The van der Waals surface area contributed by atoms with E-state index in [1.807, 2.05) is 6.07 Å². The second kappa shape index (κ2) is 4.38. The molecule has 0 unspecified atom stereocenters. The lowest BCUT2D eigenvalue weighted by Crippen LogP contribution is -2.33. The third-order valence-electron chi connectivity index (χ3n) is 2.42. The number of hydrogen-bond donors (Lipinski definition) is 1. The maximum atomic E-state index is 12.0. The molecule has 0 saturated heterocycles. The zero-order valence-electron chi connectivity index (χ0n) is 10.4. The number of rotatable bonds is 2. The molecular weight excluding hydrogens is 236 g/mol. The molecular formula is C12H16N2O2S. The van der Waals surface area contributed by atoms with Gasteiger partial charge in [-0.1, -0.05) is 6.07 Å². The molecule has 1 N–H and O–H groups in total. The lowest BCUT2D eigenvalue weighted by Gasteiger charge is -2.21. The van der Waals surface area contributed by atoms with Gasteiger partial charge in [0.1, 0.15) is 0 Å². The summed E-state index contributed by atoms with van der Waals surface area (Å²) < 4.78 is 25.6. The van der Waals surface area contributed by atoms with Crippen molar-refractivity contribution < 1.29 is 8.42 Å². The fraction of sp³-hybridized carbons (Fsp3) is 0.417. The van der Waals surface area contributed by atoms with E-state index in [4.69, 9.17) is 5.26 Å². The standard InChI is InChI=1S/C12H16N2O2S/c1-9-5-6-10(8-13)7-11(9)14-17(15,16)12(2,3)4/h5-7,14H,1-4H3. The van der Waals surface area contributed by atoms with Crippen LogP contribution in [-0.2, 0) is 10.0 Å². The quantitative estimate of drug-likeness (QED) is 0.878. The van der Waals surface area contributed by atoms with E-state index in [2.05, 4.69) is 4.72 Å². The van der Waals surface area contributed by atoms with Crippen molar-refractivity contribution in [3.8, 4) is 6.07 Å². The number of anilines is 1. The van der Waals surface area contributed by atoms with Gasteiger partial charge in [-0.25, -0.2) is 8.42 Å². The van der Waals surface area contributed by atoms with Gasteiger partial charge in [0.05, 0.1) is 22.1 Å². The van der Waals surface area contributed by atoms with Crippen LogP contribution in [0.25, 0.3) is 0 Å². The van der Waals surface area contributed by atoms with Gasteiger partial charge in [0.2, 0.25) is 10.0 Å². The molecule has 0 bridgehead atoms. The summed E-state index contributed by atoms with van der Waals surface area (Å²) in [6.45, 7) is 6.66. The highest BCUT2D eigenvalue weighted by atomic mass is 32.2. The van der Waals surface area contributed by atoms with Crippen LogP contribution in [0.3, 0.4) is 0 Å². The number of nitrogens with zero attached hydrogens (tertiary/aromatic N) is 1. The molecule has 5 heteroatoms. The van der Waals surface area contributed by atoms with Gasteiger partial charge in [0.25, 0.3) is 0 Å². The summed E-state index contributed by atoms with van der Waals surface area (Å²) in [5, 5.41) is 8.78. The van der Waals surface area contributed by atoms with E-state index in [9.17, 15) is 8.42 Å². The molecule has 0 fully saturated rings. The topological polar surface area (TPSA) is 70.0 Å². The first-order chi connectivity index (χ1) is 7.67. The van der Waals surface area contributed by atoms with Crippen LogP contribution >= 0.6 is 0 Å². The Morgan fingerprint density at radius 3 is 2.35 bits per heavy atom. The van der Waals surface area contributed by atoms with Crippen LogP contribution in [0.15, 0.2) is 18.2 Å². The second-order valence-corrected chi connectivity index (χ2v) is 7.30. The molecule has 0 aromatic heterocycles. The van der Waals surface area contributed by atoms with Crippen molar-refractivity contribution in [2.24, 2.45) is 0 Å². The van der Waals surface area contributed by atoms with Crippen LogP contribution in [0.2, 0.25) is 0 Å². The average molecular weight is 252 g/mol. The Bertz CT molecular complexity index is 563. The van der Waals surface area contributed by atoms with Gasteiger partial charge < -0.3 is 0 Å². The number of benzene rings is 1. The van der Waals surface area contributed by atoms with Crippen LogP contribution in [-0.4, -0.2) is 13.2 Å². The van der Waals surface area contributed by atoms with Crippen LogP contribution in [0.1, 0.15) is 31.9 Å². The summed E-state index contributed by atoms with van der Waals surface area (Å²) in [5.74, 6) is 0. The third-order valence-corrected chi connectivity index (χ3v) is 4.52. The minimum absolute atomic E-state index is 0.433. The first-order valence-electron chi connectivity index (χ1n) is 5.20. The molecule has 0 saturated carbocycles. The maximum Gasteiger partial charge on any atom is 0.237 e. The van der Waals surface area contributed by atoms with Crippen molar-refractivity contribution >= 4 is 15.7 Å². The Morgan fingerprint density at radius 2 is 1.88 bits per heavy atom. The van der Waals surface area contributed by atoms with Crippen molar-refractivity contribution in [2.45, 2.75) is 32.4 Å². The van der Waals surface area contributed by atoms with Gasteiger partial charge in [-0.3, -0.25) is 4.72 Å². The zero-order valence-corrected chi connectivity index (χ0v) is 11.2. The SMILES string of the molecule is Cc1ccc(C#N)cc1NS(=O)(=O)C(C)(C)C. The highest BCUT2D eigenvalue weighted by molar-refractivity contribution is 7.94. The van der Waals surface area contributed by atoms with Gasteiger partial charge in [-0.15, -0.1) is 0 Å². The molecule has 92 valence electrons. The van der Waals surface area contributed by atoms with E-state index in [1.165, 1.54) is 0 Å². The first kappa shape index (κ1) is 13.5. The summed E-state index contributed by atoms with van der Waals surface area (Å²) >= 11 is 0. The highest BCUT2D eigenvalue weighted by Gasteiger charge is 2.29. The molecule has 4 nitrogen and oxygen atoms in total. The molecule has 0 radical (unpaired) electrons. The van der Waals surface area contributed by atoms with E-state index < -0.39 is 14.8 Å². The lowest BCUT2D eigenvalue weighted by atomic mass is 10.1. The molecule has 0 heterocycles. The van der Waals surface area contributed by atoms with Crippen LogP contribution in [0.4, 0.5) is 5.69 Å². The summed E-state index contributed by atoms with van der Waals surface area (Å²) in [4.78, 5) is 0. The molecule has 0 aliphatic rings. The fourth-order valence-corrected chi connectivity index (χ4v) is 1.91. The average Bonchev–Trinajstić information content (AvgIpc) is 2.19. The maximum absolute atomic E-state index is 12.0. The number of nitrogens with one attached hydrogen (secondary N) is 1. The predicted octanol–water partition coefficient (Wildman–Crippen LogP) is 2.41. The Hall–Kier alpha value is -1.54. The normalized spacial score (nSPS) is 11.9. The van der Waals surface area contributed by atoms with Gasteiger partial charge in [-0.05, 0) is 45.4 Å². The highest BCUT2D eigenvalue weighted by Crippen LogP contribution is 2.23. The first-order valence-corrected chi connectivity index (χ1v) is 6.69. The molecule has 1 aromatic carbocycles. The van der Waals surface area contributed by atoms with Crippen molar-refractivity contribution in [2.75, 3.05) is 4.72 Å². The van der Waals surface area contributed by atoms with Gasteiger partial charge in [-0.2, -0.15) is 5.26 Å². The van der Waals surface area contributed by atoms with Crippen molar-refractivity contribution in [1.82, 2.24) is 0 Å². The predicted molar refractivity (Wildman–Crippen MR) is 68.2 cm³/mol. The number of nitriles is 1. The second-order valence-electron chi connectivity index (χ2n) is 4.86.